The van der Waals surface area contributed by atoms with E-state index in [0.717, 1.165) is 12.2 Å². The zero-order valence-corrected chi connectivity index (χ0v) is 12.6. The first-order valence-corrected chi connectivity index (χ1v) is 6.39. The topological polar surface area (TPSA) is 9.23 Å². The fourth-order valence-electron chi connectivity index (χ4n) is 1.92. The Labute approximate surface area is 131 Å². The molecule has 0 radical (unpaired) electrons. The van der Waals surface area contributed by atoms with Gasteiger partial charge in [0.1, 0.15) is 5.75 Å². The quantitative estimate of drug-likeness (QED) is 0.514. The predicted octanol–water partition coefficient (Wildman–Crippen LogP) is 4.41. The number of ether oxygens (including phenoxy) is 1. The molecule has 104 valence electrons. The van der Waals surface area contributed by atoms with Gasteiger partial charge in [0, 0.05) is 0 Å². The molecule has 0 fully saturated rings. The van der Waals surface area contributed by atoms with Crippen molar-refractivity contribution in [1.29, 1.82) is 0 Å². The van der Waals surface area contributed by atoms with Gasteiger partial charge in [0.25, 0.3) is 0 Å². The van der Waals surface area contributed by atoms with E-state index in [9.17, 15) is 0 Å². The predicted molar refractivity (Wildman–Crippen MR) is 79.9 cm³/mol. The number of rotatable bonds is 3. The molecule has 1 nitrogen and oxygen atoms in total. The van der Waals surface area contributed by atoms with E-state index in [1.165, 1.54) is 11.1 Å². The minimum Gasteiger partial charge on any atom is -0.497 e. The average molecular weight is 306 g/mol. The molecule has 3 aromatic carbocycles. The zero-order valence-electron chi connectivity index (χ0n) is 11.5. The van der Waals surface area contributed by atoms with Crippen LogP contribution < -0.4 is 4.74 Å². The first-order chi connectivity index (χ1) is 9.40. The maximum absolute atomic E-state index is 5.29. The van der Waals surface area contributed by atoms with Crippen LogP contribution in [-0.4, -0.2) is 7.11 Å². The van der Waals surface area contributed by atoms with Gasteiger partial charge in [-0.3, -0.25) is 0 Å². The average Bonchev–Trinajstić information content (AvgIpc) is 3.15. The third-order valence-corrected chi connectivity index (χ3v) is 2.87. The van der Waals surface area contributed by atoms with Crippen molar-refractivity contribution in [2.24, 2.45) is 0 Å². The summed E-state index contributed by atoms with van der Waals surface area (Å²) < 4.78 is 5.29. The third-order valence-electron chi connectivity index (χ3n) is 2.87. The second-order valence-corrected chi connectivity index (χ2v) is 4.24. The van der Waals surface area contributed by atoms with E-state index in [1.54, 1.807) is 7.11 Å². The Morgan fingerprint density at radius 3 is 2.15 bits per heavy atom. The monoisotopic (exact) mass is 306 g/mol. The van der Waals surface area contributed by atoms with E-state index in [2.05, 4.69) is 30.3 Å². The van der Waals surface area contributed by atoms with Crippen molar-refractivity contribution in [3.05, 3.63) is 90.0 Å². The summed E-state index contributed by atoms with van der Waals surface area (Å²) in [4.78, 5) is 0. The Hall–Kier alpha value is -1.76. The SMILES string of the molecule is COc1ccccc1C[c-]1cccc1.[Fe+2].c1cc[cH-]c1. The summed E-state index contributed by atoms with van der Waals surface area (Å²) in [5, 5.41) is 0. The molecule has 2 heteroatoms. The summed E-state index contributed by atoms with van der Waals surface area (Å²) in [6.07, 6.45) is 0.941. The second-order valence-electron chi connectivity index (χ2n) is 4.24. The summed E-state index contributed by atoms with van der Waals surface area (Å²) in [6, 6.07) is 26.5. The molecule has 0 aliphatic carbocycles. The van der Waals surface area contributed by atoms with Gasteiger partial charge < -0.3 is 4.74 Å². The van der Waals surface area contributed by atoms with Crippen LogP contribution >= 0.6 is 0 Å². The molecule has 0 unspecified atom stereocenters. The number of hydrogen-bond donors (Lipinski definition) is 0. The maximum Gasteiger partial charge on any atom is 2.00 e. The van der Waals surface area contributed by atoms with Gasteiger partial charge in [-0.2, -0.15) is 35.9 Å². The Morgan fingerprint density at radius 2 is 1.60 bits per heavy atom. The second kappa shape index (κ2) is 9.19. The van der Waals surface area contributed by atoms with E-state index in [1.807, 2.05) is 48.5 Å². The third kappa shape index (κ3) is 5.08. The molecule has 0 amide bonds. The fourth-order valence-corrected chi connectivity index (χ4v) is 1.92. The maximum atomic E-state index is 5.29. The van der Waals surface area contributed by atoms with Crippen molar-refractivity contribution in [3.8, 4) is 5.75 Å². The van der Waals surface area contributed by atoms with Crippen LogP contribution in [-0.2, 0) is 23.5 Å². The summed E-state index contributed by atoms with van der Waals surface area (Å²) >= 11 is 0. The van der Waals surface area contributed by atoms with Gasteiger partial charge in [-0.05, 0) is 18.1 Å². The van der Waals surface area contributed by atoms with E-state index in [0.29, 0.717) is 0 Å². The fraction of sp³-hybridized carbons (Fsp3) is 0.111. The van der Waals surface area contributed by atoms with Gasteiger partial charge in [0.05, 0.1) is 7.11 Å². The van der Waals surface area contributed by atoms with Crippen LogP contribution in [0.25, 0.3) is 0 Å². The molecule has 0 saturated carbocycles. The normalized spacial score (nSPS) is 9.05. The van der Waals surface area contributed by atoms with Gasteiger partial charge in [-0.1, -0.05) is 18.2 Å². The molecular formula is C18H18FeO. The van der Waals surface area contributed by atoms with E-state index < -0.39 is 0 Å². The molecule has 20 heavy (non-hydrogen) atoms. The van der Waals surface area contributed by atoms with Crippen molar-refractivity contribution < 1.29 is 21.8 Å². The van der Waals surface area contributed by atoms with Crippen molar-refractivity contribution in [3.63, 3.8) is 0 Å². The van der Waals surface area contributed by atoms with Gasteiger partial charge in [-0.25, -0.2) is 24.3 Å². The first kappa shape index (κ1) is 16.3. The van der Waals surface area contributed by atoms with Crippen LogP contribution in [0.4, 0.5) is 0 Å². The smallest absolute Gasteiger partial charge is 0.497 e. The molecule has 0 N–H and O–H groups in total. The first-order valence-electron chi connectivity index (χ1n) is 6.39. The largest absolute Gasteiger partial charge is 2.00 e. The molecule has 0 aliphatic rings. The van der Waals surface area contributed by atoms with E-state index in [4.69, 9.17) is 4.74 Å². The molecule has 3 rings (SSSR count). The van der Waals surface area contributed by atoms with E-state index in [-0.39, 0.29) is 17.1 Å². The molecule has 0 saturated heterocycles. The Bertz CT molecular complexity index is 536. The van der Waals surface area contributed by atoms with Crippen LogP contribution in [0, 0.1) is 0 Å². The van der Waals surface area contributed by atoms with Crippen LogP contribution in [0.1, 0.15) is 11.1 Å². The Kier molecular flexibility index (Phi) is 7.49. The van der Waals surface area contributed by atoms with E-state index >= 15 is 0 Å². The van der Waals surface area contributed by atoms with Crippen LogP contribution in [0.15, 0.2) is 78.9 Å². The minimum absolute atomic E-state index is 0. The standard InChI is InChI=1S/C13H13O.C5H5.Fe/c1-14-13-9-5-4-8-12(13)10-11-6-2-3-7-11;1-2-4-5-3-1;/h2-9H,10H2,1H3;1-5H;/q2*-1;+2. The summed E-state index contributed by atoms with van der Waals surface area (Å²) in [6.45, 7) is 0. The van der Waals surface area contributed by atoms with Gasteiger partial charge >= 0.3 is 17.1 Å². The Balaban J connectivity index is 0.000000283. The van der Waals surface area contributed by atoms with Crippen molar-refractivity contribution in [2.75, 3.05) is 7.11 Å². The van der Waals surface area contributed by atoms with Crippen molar-refractivity contribution in [2.45, 2.75) is 6.42 Å². The molecule has 0 atom stereocenters. The molecule has 3 aromatic rings. The molecular weight excluding hydrogens is 288 g/mol. The van der Waals surface area contributed by atoms with Crippen LogP contribution in [0.5, 0.6) is 5.75 Å². The number of para-hydroxylation sites is 1. The van der Waals surface area contributed by atoms with Crippen LogP contribution in [0.3, 0.4) is 0 Å². The van der Waals surface area contributed by atoms with Crippen LogP contribution in [0.2, 0.25) is 0 Å². The minimum atomic E-state index is 0. The summed E-state index contributed by atoms with van der Waals surface area (Å²) in [5.41, 5.74) is 2.57. The zero-order chi connectivity index (χ0) is 13.3. The number of benzene rings is 1. The molecule has 0 aliphatic heterocycles. The van der Waals surface area contributed by atoms with Gasteiger partial charge in [0.15, 0.2) is 0 Å². The Morgan fingerprint density at radius 1 is 0.950 bits per heavy atom. The van der Waals surface area contributed by atoms with Gasteiger partial charge in [-0.15, -0.1) is 0 Å². The summed E-state index contributed by atoms with van der Waals surface area (Å²) in [7, 11) is 1.71. The molecule has 0 spiro atoms. The number of hydrogen-bond acceptors (Lipinski definition) is 1. The summed E-state index contributed by atoms with van der Waals surface area (Å²) in [5.74, 6) is 0.966. The van der Waals surface area contributed by atoms with Gasteiger partial charge in [0.2, 0.25) is 0 Å². The van der Waals surface area contributed by atoms with Crippen molar-refractivity contribution in [1.82, 2.24) is 0 Å². The molecule has 0 bridgehead atoms. The van der Waals surface area contributed by atoms with Crippen molar-refractivity contribution >= 4 is 0 Å². The molecule has 0 heterocycles. The number of methoxy groups -OCH3 is 1. The molecule has 0 aromatic heterocycles.